The fraction of sp³-hybridized carbons (Fsp3) is 0.211. The highest BCUT2D eigenvalue weighted by atomic mass is 35.5. The number of aryl methyl sites for hydroxylation is 2. The number of nitrogens with one attached hydrogen (secondary N) is 1. The van der Waals surface area contributed by atoms with E-state index < -0.39 is 5.91 Å². The van der Waals surface area contributed by atoms with Gasteiger partial charge in [0.05, 0.1) is 15.6 Å². The molecule has 3 aromatic rings. The number of anilines is 1. The number of hydrogen-bond donors (Lipinski definition) is 1. The summed E-state index contributed by atoms with van der Waals surface area (Å²) in [6.07, 6.45) is 2.34. The molecule has 8 heteroatoms. The minimum atomic E-state index is -0.497. The number of benzene rings is 1. The lowest BCUT2D eigenvalue weighted by molar-refractivity contribution is 0.101. The van der Waals surface area contributed by atoms with E-state index in [1.54, 1.807) is 6.92 Å². The zero-order valence-corrected chi connectivity index (χ0v) is 16.3. The average molecular weight is 406 g/mol. The van der Waals surface area contributed by atoms with Crippen LogP contribution in [-0.4, -0.2) is 16.0 Å². The summed E-state index contributed by atoms with van der Waals surface area (Å²) in [5.74, 6) is 0.888. The van der Waals surface area contributed by atoms with Crippen LogP contribution in [0.15, 0.2) is 41.1 Å². The van der Waals surface area contributed by atoms with Crippen molar-refractivity contribution in [2.75, 3.05) is 5.32 Å². The summed E-state index contributed by atoms with van der Waals surface area (Å²) >= 11 is 11.9. The van der Waals surface area contributed by atoms with Crippen LogP contribution in [0.5, 0.6) is 5.75 Å². The van der Waals surface area contributed by atoms with E-state index in [0.29, 0.717) is 22.1 Å². The first-order valence-corrected chi connectivity index (χ1v) is 9.02. The molecule has 0 unspecified atom stereocenters. The maximum atomic E-state index is 12.6. The van der Waals surface area contributed by atoms with Crippen molar-refractivity contribution < 1.29 is 14.1 Å². The molecule has 0 radical (unpaired) electrons. The Kier molecular flexibility index (Phi) is 5.98. The Hall–Kier alpha value is -2.57. The number of carbonyl (C=O) groups excluding carboxylic acids is 1. The number of nitrogens with zero attached hydrogens (tertiary/aromatic N) is 2. The van der Waals surface area contributed by atoms with Gasteiger partial charge in [-0.2, -0.15) is 0 Å². The molecule has 6 nitrogen and oxygen atoms in total. The van der Waals surface area contributed by atoms with E-state index in [1.165, 1.54) is 17.8 Å². The van der Waals surface area contributed by atoms with Crippen molar-refractivity contribution in [3.63, 3.8) is 0 Å². The Morgan fingerprint density at radius 1 is 1.26 bits per heavy atom. The zero-order chi connectivity index (χ0) is 19.4. The molecule has 0 aliphatic carbocycles. The van der Waals surface area contributed by atoms with Gasteiger partial charge in [0.1, 0.15) is 18.1 Å². The van der Waals surface area contributed by atoms with Crippen LogP contribution >= 0.6 is 23.2 Å². The van der Waals surface area contributed by atoms with Crippen molar-refractivity contribution in [3.8, 4) is 5.75 Å². The lowest BCUT2D eigenvalue weighted by Crippen LogP contribution is -2.16. The summed E-state index contributed by atoms with van der Waals surface area (Å²) in [6.45, 7) is 3.95. The van der Waals surface area contributed by atoms with Crippen LogP contribution in [0.25, 0.3) is 0 Å². The number of pyridine rings is 1. The van der Waals surface area contributed by atoms with Crippen molar-refractivity contribution in [1.82, 2.24) is 10.1 Å². The smallest absolute Gasteiger partial charge is 0.279 e. The Morgan fingerprint density at radius 3 is 2.67 bits per heavy atom. The van der Waals surface area contributed by atoms with Gasteiger partial charge >= 0.3 is 0 Å². The van der Waals surface area contributed by atoms with Crippen molar-refractivity contribution in [3.05, 3.63) is 69.2 Å². The van der Waals surface area contributed by atoms with Crippen LogP contribution in [0, 0.1) is 6.92 Å². The van der Waals surface area contributed by atoms with E-state index in [9.17, 15) is 4.79 Å². The molecule has 0 saturated carbocycles. The highest BCUT2D eigenvalue weighted by Crippen LogP contribution is 2.24. The summed E-state index contributed by atoms with van der Waals surface area (Å²) in [7, 11) is 0. The Morgan fingerprint density at radius 2 is 2.00 bits per heavy atom. The molecule has 0 atom stereocenters. The fourth-order valence-corrected chi connectivity index (χ4v) is 2.82. The van der Waals surface area contributed by atoms with E-state index in [0.717, 1.165) is 6.42 Å². The first kappa shape index (κ1) is 19.2. The average Bonchev–Trinajstić information content (AvgIpc) is 3.03. The molecule has 2 aromatic heterocycles. The standard InChI is InChI=1S/C19H17Cl2N3O3/c1-3-12-4-6-14(7-5-12)26-10-15-11(2)27-24-17(15)19(25)23-18-16(21)8-13(20)9-22-18/h4-9H,3,10H2,1-2H3,(H,22,23,25). The Bertz CT molecular complexity index is 955. The molecular formula is C19H17Cl2N3O3. The molecule has 0 saturated heterocycles. The normalized spacial score (nSPS) is 10.7. The molecule has 2 heterocycles. The summed E-state index contributed by atoms with van der Waals surface area (Å²) < 4.78 is 10.9. The summed E-state index contributed by atoms with van der Waals surface area (Å²) in [5, 5.41) is 7.04. The molecule has 0 aliphatic rings. The third-order valence-corrected chi connectivity index (χ3v) is 4.45. The lowest BCUT2D eigenvalue weighted by Gasteiger charge is -2.08. The fourth-order valence-electron chi connectivity index (χ4n) is 2.39. The number of amides is 1. The van der Waals surface area contributed by atoms with Gasteiger partial charge < -0.3 is 14.6 Å². The number of hydrogen-bond acceptors (Lipinski definition) is 5. The highest BCUT2D eigenvalue weighted by Gasteiger charge is 2.21. The van der Waals surface area contributed by atoms with Gasteiger partial charge in [-0.3, -0.25) is 4.79 Å². The van der Waals surface area contributed by atoms with E-state index in [-0.39, 0.29) is 23.1 Å². The van der Waals surface area contributed by atoms with Gasteiger partial charge in [0, 0.05) is 6.20 Å². The quantitative estimate of drug-likeness (QED) is 0.618. The highest BCUT2D eigenvalue weighted by molar-refractivity contribution is 6.36. The summed E-state index contributed by atoms with van der Waals surface area (Å²) in [4.78, 5) is 16.6. The molecule has 0 aliphatic heterocycles. The molecule has 3 rings (SSSR count). The maximum Gasteiger partial charge on any atom is 0.279 e. The minimum absolute atomic E-state index is 0.116. The van der Waals surface area contributed by atoms with Gasteiger partial charge in [-0.15, -0.1) is 0 Å². The molecule has 27 heavy (non-hydrogen) atoms. The first-order chi connectivity index (χ1) is 13.0. The van der Waals surface area contributed by atoms with Crippen LogP contribution in [0.1, 0.15) is 34.3 Å². The summed E-state index contributed by atoms with van der Waals surface area (Å²) in [6, 6.07) is 9.26. The molecule has 1 N–H and O–H groups in total. The van der Waals surface area contributed by atoms with Gasteiger partial charge in [-0.25, -0.2) is 4.98 Å². The Labute approximate surface area is 166 Å². The van der Waals surface area contributed by atoms with Gasteiger partial charge in [0.25, 0.3) is 5.91 Å². The lowest BCUT2D eigenvalue weighted by atomic mass is 10.1. The van der Waals surface area contributed by atoms with Crippen molar-refractivity contribution in [2.45, 2.75) is 26.9 Å². The maximum absolute atomic E-state index is 12.6. The second kappa shape index (κ2) is 8.41. The summed E-state index contributed by atoms with van der Waals surface area (Å²) in [5.41, 5.74) is 1.89. The number of ether oxygens (including phenoxy) is 1. The van der Waals surface area contributed by atoms with E-state index in [1.807, 2.05) is 24.3 Å². The van der Waals surface area contributed by atoms with Gasteiger partial charge in [0.15, 0.2) is 11.5 Å². The molecule has 0 bridgehead atoms. The number of rotatable bonds is 6. The molecule has 1 aromatic carbocycles. The van der Waals surface area contributed by atoms with Crippen molar-refractivity contribution >= 4 is 34.9 Å². The van der Waals surface area contributed by atoms with Gasteiger partial charge in [-0.05, 0) is 37.1 Å². The predicted molar refractivity (Wildman–Crippen MR) is 104 cm³/mol. The van der Waals surface area contributed by atoms with Crippen LogP contribution in [0.2, 0.25) is 10.0 Å². The second-order valence-corrected chi connectivity index (χ2v) is 6.63. The van der Waals surface area contributed by atoms with E-state index in [4.69, 9.17) is 32.5 Å². The van der Waals surface area contributed by atoms with Crippen molar-refractivity contribution in [1.29, 1.82) is 0 Å². The Balaban J connectivity index is 1.74. The third-order valence-electron chi connectivity index (χ3n) is 3.95. The zero-order valence-electron chi connectivity index (χ0n) is 14.8. The predicted octanol–water partition coefficient (Wildman–Crippen LogP) is 5.08. The van der Waals surface area contributed by atoms with Gasteiger partial charge in [0.2, 0.25) is 0 Å². The monoisotopic (exact) mass is 405 g/mol. The van der Waals surface area contributed by atoms with E-state index in [2.05, 4.69) is 22.4 Å². The van der Waals surface area contributed by atoms with Crippen LogP contribution < -0.4 is 10.1 Å². The molecule has 1 amide bonds. The molecular weight excluding hydrogens is 389 g/mol. The van der Waals surface area contributed by atoms with Crippen LogP contribution in [-0.2, 0) is 13.0 Å². The minimum Gasteiger partial charge on any atom is -0.489 e. The van der Waals surface area contributed by atoms with Gasteiger partial charge in [-0.1, -0.05) is 47.4 Å². The van der Waals surface area contributed by atoms with E-state index >= 15 is 0 Å². The van der Waals surface area contributed by atoms with Crippen LogP contribution in [0.4, 0.5) is 5.82 Å². The molecule has 140 valence electrons. The largest absolute Gasteiger partial charge is 0.489 e. The topological polar surface area (TPSA) is 77.2 Å². The van der Waals surface area contributed by atoms with Crippen LogP contribution in [0.3, 0.4) is 0 Å². The molecule has 0 fully saturated rings. The van der Waals surface area contributed by atoms with Crippen molar-refractivity contribution in [2.24, 2.45) is 0 Å². The number of halogens is 2. The third kappa shape index (κ3) is 4.59. The number of aromatic nitrogens is 2. The SMILES string of the molecule is CCc1ccc(OCc2c(C(=O)Nc3ncc(Cl)cc3Cl)noc2C)cc1. The molecule has 0 spiro atoms. The second-order valence-electron chi connectivity index (χ2n) is 5.79. The number of carbonyl (C=O) groups is 1. The first-order valence-electron chi connectivity index (χ1n) is 8.27.